The summed E-state index contributed by atoms with van der Waals surface area (Å²) in [7, 11) is 0. The average Bonchev–Trinajstić information content (AvgIpc) is 3.13. The number of halogens is 1. The summed E-state index contributed by atoms with van der Waals surface area (Å²) in [6.45, 7) is 7.36. The number of benzene rings is 1. The van der Waals surface area contributed by atoms with Crippen LogP contribution in [0.2, 0.25) is 5.15 Å². The van der Waals surface area contributed by atoms with Crippen LogP contribution in [0.15, 0.2) is 30.3 Å². The molecular formula is C20H24ClN5O. The highest BCUT2D eigenvalue weighted by molar-refractivity contribution is 6.31. The predicted octanol–water partition coefficient (Wildman–Crippen LogP) is 3.75. The van der Waals surface area contributed by atoms with Crippen LogP contribution in [0.5, 0.6) is 0 Å². The highest BCUT2D eigenvalue weighted by Crippen LogP contribution is 2.22. The zero-order valence-electron chi connectivity index (χ0n) is 15.8. The number of carbonyl (C=O) groups excluding carboxylic acids is 1. The van der Waals surface area contributed by atoms with Crippen molar-refractivity contribution in [3.63, 3.8) is 0 Å². The second-order valence-electron chi connectivity index (χ2n) is 6.94. The molecule has 0 aliphatic rings. The molecule has 27 heavy (non-hydrogen) atoms. The third-order valence-corrected chi connectivity index (χ3v) is 4.55. The van der Waals surface area contributed by atoms with E-state index in [1.807, 2.05) is 31.2 Å². The molecule has 0 saturated carbocycles. The minimum Gasteiger partial charge on any atom is -0.352 e. The Morgan fingerprint density at radius 3 is 2.89 bits per heavy atom. The van der Waals surface area contributed by atoms with Gasteiger partial charge in [0.25, 0.3) is 0 Å². The number of para-hydroxylation sites is 2. The zero-order valence-corrected chi connectivity index (χ0v) is 16.5. The Bertz CT molecular complexity index is 937. The van der Waals surface area contributed by atoms with Gasteiger partial charge in [-0.25, -0.2) is 4.98 Å². The van der Waals surface area contributed by atoms with Crippen LogP contribution >= 0.6 is 11.6 Å². The summed E-state index contributed by atoms with van der Waals surface area (Å²) >= 11 is 6.39. The molecule has 1 amide bonds. The van der Waals surface area contributed by atoms with Crippen molar-refractivity contribution in [1.29, 1.82) is 0 Å². The number of hydrogen-bond donors (Lipinski definition) is 2. The lowest BCUT2D eigenvalue weighted by atomic mass is 10.2. The van der Waals surface area contributed by atoms with Crippen LogP contribution in [0.4, 0.5) is 0 Å². The molecule has 0 aliphatic heterocycles. The average molecular weight is 386 g/mol. The zero-order chi connectivity index (χ0) is 19.4. The van der Waals surface area contributed by atoms with Gasteiger partial charge in [-0.3, -0.25) is 9.48 Å². The molecule has 0 fully saturated rings. The van der Waals surface area contributed by atoms with Gasteiger partial charge < -0.3 is 10.3 Å². The van der Waals surface area contributed by atoms with Crippen LogP contribution in [-0.2, 0) is 17.8 Å². The first-order valence-electron chi connectivity index (χ1n) is 9.06. The molecule has 0 aliphatic carbocycles. The molecule has 2 aromatic heterocycles. The molecule has 3 aromatic rings. The van der Waals surface area contributed by atoms with E-state index >= 15 is 0 Å². The Hall–Kier alpha value is -2.60. The van der Waals surface area contributed by atoms with E-state index in [0.717, 1.165) is 34.7 Å². The summed E-state index contributed by atoms with van der Waals surface area (Å²) in [5.41, 5.74) is 3.53. The second-order valence-corrected chi connectivity index (χ2v) is 7.30. The van der Waals surface area contributed by atoms with Crippen molar-refractivity contribution in [2.45, 2.75) is 33.7 Å². The molecule has 2 N–H and O–H groups in total. The van der Waals surface area contributed by atoms with Gasteiger partial charge in [0.2, 0.25) is 5.91 Å². The second kappa shape index (κ2) is 8.39. The predicted molar refractivity (Wildman–Crippen MR) is 109 cm³/mol. The maximum Gasteiger partial charge on any atom is 0.244 e. The summed E-state index contributed by atoms with van der Waals surface area (Å²) in [5, 5.41) is 7.87. The summed E-state index contributed by atoms with van der Waals surface area (Å²) in [6.07, 6.45) is 3.85. The molecule has 6 nitrogen and oxygen atoms in total. The first kappa shape index (κ1) is 19.2. The van der Waals surface area contributed by atoms with Crippen LogP contribution in [0.3, 0.4) is 0 Å². The monoisotopic (exact) mass is 385 g/mol. The number of fused-ring (bicyclic) bond motifs is 1. The normalized spacial score (nSPS) is 11.7. The number of H-pyrrole nitrogens is 1. The fourth-order valence-electron chi connectivity index (χ4n) is 2.87. The highest BCUT2D eigenvalue weighted by Gasteiger charge is 2.12. The fourth-order valence-corrected chi connectivity index (χ4v) is 3.18. The third kappa shape index (κ3) is 4.77. The maximum atomic E-state index is 12.1. The molecule has 0 radical (unpaired) electrons. The SMILES string of the molecule is Cc1nn(CC(C)C)c(Cl)c1/C=C/C(=O)NCCc1nc2ccccc2[nH]1. The third-order valence-electron chi connectivity index (χ3n) is 4.15. The lowest BCUT2D eigenvalue weighted by Gasteiger charge is -2.05. The van der Waals surface area contributed by atoms with Gasteiger partial charge in [0.05, 0.1) is 16.7 Å². The lowest BCUT2D eigenvalue weighted by molar-refractivity contribution is -0.116. The van der Waals surface area contributed by atoms with Crippen molar-refractivity contribution in [2.24, 2.45) is 5.92 Å². The number of carbonyl (C=O) groups is 1. The molecule has 0 saturated heterocycles. The first-order chi connectivity index (χ1) is 12.9. The topological polar surface area (TPSA) is 75.6 Å². The van der Waals surface area contributed by atoms with Gasteiger partial charge in [-0.1, -0.05) is 37.6 Å². The van der Waals surface area contributed by atoms with Gasteiger partial charge >= 0.3 is 0 Å². The summed E-state index contributed by atoms with van der Waals surface area (Å²) in [4.78, 5) is 19.8. The van der Waals surface area contributed by atoms with E-state index in [1.54, 1.807) is 10.8 Å². The molecule has 1 aromatic carbocycles. The number of aromatic nitrogens is 4. The molecule has 0 atom stereocenters. The van der Waals surface area contributed by atoms with E-state index in [2.05, 4.69) is 34.2 Å². The Kier molecular flexibility index (Phi) is 5.96. The molecule has 0 unspecified atom stereocenters. The molecule has 3 rings (SSSR count). The van der Waals surface area contributed by atoms with Gasteiger partial charge in [0.15, 0.2) is 0 Å². The molecule has 0 spiro atoms. The highest BCUT2D eigenvalue weighted by atomic mass is 35.5. The van der Waals surface area contributed by atoms with Gasteiger partial charge in [0.1, 0.15) is 11.0 Å². The van der Waals surface area contributed by atoms with E-state index in [9.17, 15) is 4.79 Å². The maximum absolute atomic E-state index is 12.1. The van der Waals surface area contributed by atoms with Crippen LogP contribution in [-0.4, -0.2) is 32.2 Å². The number of nitrogens with one attached hydrogen (secondary N) is 2. The minimum atomic E-state index is -0.168. The van der Waals surface area contributed by atoms with E-state index in [0.29, 0.717) is 24.0 Å². The Balaban J connectivity index is 1.55. The first-order valence-corrected chi connectivity index (χ1v) is 9.44. The Labute approximate surface area is 163 Å². The van der Waals surface area contributed by atoms with Crippen molar-refractivity contribution >= 4 is 34.6 Å². The molecule has 0 bridgehead atoms. The van der Waals surface area contributed by atoms with Crippen LogP contribution in [0.1, 0.15) is 30.9 Å². The smallest absolute Gasteiger partial charge is 0.244 e. The number of nitrogens with zero attached hydrogens (tertiary/aromatic N) is 3. The van der Waals surface area contributed by atoms with Crippen molar-refractivity contribution in [2.75, 3.05) is 6.54 Å². The number of imidazole rings is 1. The largest absolute Gasteiger partial charge is 0.352 e. The number of hydrogen-bond acceptors (Lipinski definition) is 3. The quantitative estimate of drug-likeness (QED) is 0.608. The Morgan fingerprint density at radius 2 is 2.15 bits per heavy atom. The molecular weight excluding hydrogens is 362 g/mol. The standard InChI is InChI=1S/C20H24ClN5O/c1-13(2)12-26-20(21)15(14(3)25-26)8-9-19(27)22-11-10-18-23-16-6-4-5-7-17(16)24-18/h4-9,13H,10-12H2,1-3H3,(H,22,27)(H,23,24)/b9-8+. The molecule has 7 heteroatoms. The summed E-state index contributed by atoms with van der Waals surface area (Å²) in [6, 6.07) is 7.87. The fraction of sp³-hybridized carbons (Fsp3) is 0.350. The molecule has 2 heterocycles. The lowest BCUT2D eigenvalue weighted by Crippen LogP contribution is -2.23. The van der Waals surface area contributed by atoms with Crippen LogP contribution < -0.4 is 5.32 Å². The number of aromatic amines is 1. The van der Waals surface area contributed by atoms with Gasteiger partial charge in [-0.2, -0.15) is 5.10 Å². The van der Waals surface area contributed by atoms with Gasteiger partial charge in [-0.15, -0.1) is 0 Å². The van der Waals surface area contributed by atoms with E-state index in [-0.39, 0.29) is 5.91 Å². The van der Waals surface area contributed by atoms with E-state index in [4.69, 9.17) is 11.6 Å². The molecule has 142 valence electrons. The van der Waals surface area contributed by atoms with Crippen molar-refractivity contribution in [3.8, 4) is 0 Å². The van der Waals surface area contributed by atoms with Gasteiger partial charge in [0, 0.05) is 31.1 Å². The van der Waals surface area contributed by atoms with E-state index < -0.39 is 0 Å². The van der Waals surface area contributed by atoms with Gasteiger partial charge in [-0.05, 0) is 31.1 Å². The van der Waals surface area contributed by atoms with Crippen LogP contribution in [0.25, 0.3) is 17.1 Å². The Morgan fingerprint density at radius 1 is 1.37 bits per heavy atom. The number of amides is 1. The minimum absolute atomic E-state index is 0.168. The number of rotatable bonds is 7. The van der Waals surface area contributed by atoms with Crippen molar-refractivity contribution in [1.82, 2.24) is 25.1 Å². The summed E-state index contributed by atoms with van der Waals surface area (Å²) < 4.78 is 1.78. The van der Waals surface area contributed by atoms with E-state index in [1.165, 1.54) is 6.08 Å². The van der Waals surface area contributed by atoms with Crippen molar-refractivity contribution < 1.29 is 4.79 Å². The number of aryl methyl sites for hydroxylation is 1. The van der Waals surface area contributed by atoms with Crippen LogP contribution in [0, 0.1) is 12.8 Å². The van der Waals surface area contributed by atoms with Crippen molar-refractivity contribution in [3.05, 3.63) is 52.6 Å². The summed E-state index contributed by atoms with van der Waals surface area (Å²) in [5.74, 6) is 1.13.